The average Bonchev–Trinajstić information content (AvgIpc) is 2.68. The lowest BCUT2D eigenvalue weighted by atomic mass is 9.94. The smallest absolute Gasteiger partial charge is 0.321 e. The number of likely N-dealkylation sites (tertiary alicyclic amines) is 1. The number of urea groups is 1. The van der Waals surface area contributed by atoms with Gasteiger partial charge in [0.1, 0.15) is 0 Å². The zero-order valence-corrected chi connectivity index (χ0v) is 15.0. The highest BCUT2D eigenvalue weighted by Gasteiger charge is 2.26. The third-order valence-electron chi connectivity index (χ3n) is 4.71. The molecule has 0 aliphatic carbocycles. The SMILES string of the molecule is CC(O)C1CCCN(C(=O)Nc2ccccc2C#Cc2ccccc2)C1. The zero-order valence-electron chi connectivity index (χ0n) is 15.0. The van der Waals surface area contributed by atoms with E-state index in [0.717, 1.165) is 24.0 Å². The number of nitrogens with one attached hydrogen (secondary N) is 1. The minimum absolute atomic E-state index is 0.135. The van der Waals surface area contributed by atoms with Crippen LogP contribution in [0.1, 0.15) is 30.9 Å². The van der Waals surface area contributed by atoms with Crippen molar-refractivity contribution >= 4 is 11.7 Å². The Balaban J connectivity index is 1.72. The van der Waals surface area contributed by atoms with Crippen molar-refractivity contribution in [1.29, 1.82) is 0 Å². The van der Waals surface area contributed by atoms with E-state index < -0.39 is 6.10 Å². The van der Waals surface area contributed by atoms with E-state index in [1.54, 1.807) is 11.8 Å². The maximum atomic E-state index is 12.6. The molecule has 0 radical (unpaired) electrons. The number of aliphatic hydroxyl groups excluding tert-OH is 1. The molecule has 2 aromatic carbocycles. The van der Waals surface area contributed by atoms with E-state index >= 15 is 0 Å². The first-order valence-electron chi connectivity index (χ1n) is 9.03. The maximum Gasteiger partial charge on any atom is 0.321 e. The number of para-hydroxylation sites is 1. The lowest BCUT2D eigenvalue weighted by molar-refractivity contribution is 0.0766. The quantitative estimate of drug-likeness (QED) is 0.813. The summed E-state index contributed by atoms with van der Waals surface area (Å²) in [4.78, 5) is 14.4. The molecule has 0 saturated carbocycles. The van der Waals surface area contributed by atoms with Crippen LogP contribution in [0.4, 0.5) is 10.5 Å². The molecule has 1 aliphatic rings. The van der Waals surface area contributed by atoms with Crippen molar-refractivity contribution in [1.82, 2.24) is 4.90 Å². The number of aliphatic hydroxyl groups is 1. The monoisotopic (exact) mass is 348 g/mol. The number of hydrogen-bond acceptors (Lipinski definition) is 2. The zero-order chi connectivity index (χ0) is 18.4. The van der Waals surface area contributed by atoms with Gasteiger partial charge >= 0.3 is 6.03 Å². The number of hydrogen-bond donors (Lipinski definition) is 2. The Hall–Kier alpha value is -2.77. The van der Waals surface area contributed by atoms with Crippen molar-refractivity contribution in [2.75, 3.05) is 18.4 Å². The summed E-state index contributed by atoms with van der Waals surface area (Å²) in [7, 11) is 0. The summed E-state index contributed by atoms with van der Waals surface area (Å²) in [6.45, 7) is 3.09. The van der Waals surface area contributed by atoms with E-state index in [1.807, 2.05) is 54.6 Å². The lowest BCUT2D eigenvalue weighted by Gasteiger charge is -2.34. The molecule has 4 heteroatoms. The molecule has 2 unspecified atom stereocenters. The van der Waals surface area contributed by atoms with Gasteiger partial charge in [0.15, 0.2) is 0 Å². The van der Waals surface area contributed by atoms with E-state index in [0.29, 0.717) is 18.8 Å². The molecule has 26 heavy (non-hydrogen) atoms. The van der Waals surface area contributed by atoms with Crippen molar-refractivity contribution in [3.05, 3.63) is 65.7 Å². The van der Waals surface area contributed by atoms with Gasteiger partial charge in [-0.2, -0.15) is 0 Å². The van der Waals surface area contributed by atoms with Gasteiger partial charge in [-0.25, -0.2) is 4.79 Å². The average molecular weight is 348 g/mol. The molecule has 1 fully saturated rings. The molecule has 2 aromatic rings. The van der Waals surface area contributed by atoms with Crippen molar-refractivity contribution in [2.45, 2.75) is 25.9 Å². The van der Waals surface area contributed by atoms with Crippen LogP contribution in [0.2, 0.25) is 0 Å². The van der Waals surface area contributed by atoms with E-state index in [2.05, 4.69) is 17.2 Å². The van der Waals surface area contributed by atoms with Crippen molar-refractivity contribution in [2.24, 2.45) is 5.92 Å². The fourth-order valence-corrected chi connectivity index (χ4v) is 3.14. The molecule has 1 saturated heterocycles. The van der Waals surface area contributed by atoms with Crippen LogP contribution in [0.25, 0.3) is 0 Å². The molecule has 1 heterocycles. The van der Waals surface area contributed by atoms with Crippen molar-refractivity contribution < 1.29 is 9.90 Å². The Bertz CT molecular complexity index is 806. The van der Waals surface area contributed by atoms with Crippen LogP contribution >= 0.6 is 0 Å². The molecule has 2 amide bonds. The van der Waals surface area contributed by atoms with Crippen LogP contribution in [0.15, 0.2) is 54.6 Å². The fourth-order valence-electron chi connectivity index (χ4n) is 3.14. The minimum atomic E-state index is -0.394. The first-order chi connectivity index (χ1) is 12.6. The summed E-state index contributed by atoms with van der Waals surface area (Å²) in [6, 6.07) is 17.2. The van der Waals surface area contributed by atoms with Crippen molar-refractivity contribution in [3.63, 3.8) is 0 Å². The minimum Gasteiger partial charge on any atom is -0.393 e. The van der Waals surface area contributed by atoms with Gasteiger partial charge in [0.05, 0.1) is 11.8 Å². The molecule has 4 nitrogen and oxygen atoms in total. The normalized spacial score (nSPS) is 17.8. The van der Waals surface area contributed by atoms with Crippen LogP contribution in [-0.4, -0.2) is 35.2 Å². The molecular formula is C22H24N2O2. The summed E-state index contributed by atoms with van der Waals surface area (Å²) in [5, 5.41) is 12.8. The molecule has 1 aliphatic heterocycles. The third kappa shape index (κ3) is 4.65. The number of benzene rings is 2. The lowest BCUT2D eigenvalue weighted by Crippen LogP contribution is -2.44. The van der Waals surface area contributed by atoms with Crippen LogP contribution in [-0.2, 0) is 0 Å². The highest BCUT2D eigenvalue weighted by atomic mass is 16.3. The van der Waals surface area contributed by atoms with E-state index in [9.17, 15) is 9.90 Å². The number of carbonyl (C=O) groups excluding carboxylic acids is 1. The predicted molar refractivity (Wildman–Crippen MR) is 104 cm³/mol. The second-order valence-electron chi connectivity index (χ2n) is 6.68. The van der Waals surface area contributed by atoms with E-state index in [4.69, 9.17) is 0 Å². The summed E-state index contributed by atoms with van der Waals surface area (Å²) in [5.41, 5.74) is 2.43. The third-order valence-corrected chi connectivity index (χ3v) is 4.71. The van der Waals surface area contributed by atoms with Gasteiger partial charge in [-0.15, -0.1) is 0 Å². The Morgan fingerprint density at radius 2 is 1.88 bits per heavy atom. The first-order valence-corrected chi connectivity index (χ1v) is 9.03. The first kappa shape index (κ1) is 18.0. The standard InChI is InChI=1S/C22H24N2O2/c1-17(25)20-11-7-15-24(16-20)22(26)23-21-12-6-5-10-19(21)14-13-18-8-3-2-4-9-18/h2-6,8-10,12,17,20,25H,7,11,15-16H2,1H3,(H,23,26). The van der Waals surface area contributed by atoms with Crippen LogP contribution in [0.3, 0.4) is 0 Å². The molecule has 2 N–H and O–H groups in total. The van der Waals surface area contributed by atoms with Crippen LogP contribution < -0.4 is 5.32 Å². The number of rotatable bonds is 2. The van der Waals surface area contributed by atoms with Gasteiger partial charge in [-0.3, -0.25) is 0 Å². The number of anilines is 1. The highest BCUT2D eigenvalue weighted by molar-refractivity contribution is 5.91. The molecular weight excluding hydrogens is 324 g/mol. The van der Waals surface area contributed by atoms with Crippen LogP contribution in [0.5, 0.6) is 0 Å². The van der Waals surface area contributed by atoms with Gasteiger partial charge in [0.25, 0.3) is 0 Å². The number of piperidine rings is 1. The Morgan fingerprint density at radius 1 is 1.15 bits per heavy atom. The summed E-state index contributed by atoms with van der Waals surface area (Å²) in [5.74, 6) is 6.41. The molecule has 2 atom stereocenters. The fraction of sp³-hybridized carbons (Fsp3) is 0.318. The predicted octanol–water partition coefficient (Wildman–Crippen LogP) is 3.71. The second-order valence-corrected chi connectivity index (χ2v) is 6.68. The van der Waals surface area contributed by atoms with Gasteiger partial charge in [0, 0.05) is 30.1 Å². The molecule has 0 bridgehead atoms. The number of amides is 2. The number of carbonyl (C=O) groups is 1. The van der Waals surface area contributed by atoms with Gasteiger partial charge < -0.3 is 15.3 Å². The summed E-state index contributed by atoms with van der Waals surface area (Å²) >= 11 is 0. The van der Waals surface area contributed by atoms with Gasteiger partial charge in [0.2, 0.25) is 0 Å². The Morgan fingerprint density at radius 3 is 2.65 bits per heavy atom. The Labute approximate surface area is 154 Å². The largest absolute Gasteiger partial charge is 0.393 e. The highest BCUT2D eigenvalue weighted by Crippen LogP contribution is 2.21. The summed E-state index contributed by atoms with van der Waals surface area (Å²) < 4.78 is 0. The summed E-state index contributed by atoms with van der Waals surface area (Å²) in [6.07, 6.45) is 1.48. The topological polar surface area (TPSA) is 52.6 Å². The second kappa shape index (κ2) is 8.55. The maximum absolute atomic E-state index is 12.6. The van der Waals surface area contributed by atoms with Crippen LogP contribution in [0, 0.1) is 17.8 Å². The van der Waals surface area contributed by atoms with Gasteiger partial charge in [-0.1, -0.05) is 42.2 Å². The molecule has 134 valence electrons. The molecule has 0 aromatic heterocycles. The molecule has 0 spiro atoms. The number of nitrogens with zero attached hydrogens (tertiary/aromatic N) is 1. The Kier molecular flexibility index (Phi) is 5.93. The van der Waals surface area contributed by atoms with E-state index in [-0.39, 0.29) is 11.9 Å². The van der Waals surface area contributed by atoms with Gasteiger partial charge in [-0.05, 0) is 44.0 Å². The van der Waals surface area contributed by atoms with E-state index in [1.165, 1.54) is 0 Å². The molecule has 3 rings (SSSR count). The van der Waals surface area contributed by atoms with Crippen molar-refractivity contribution in [3.8, 4) is 11.8 Å².